The number of hydrogen-bond donors (Lipinski definition) is 1. The largest absolute Gasteiger partial charge is 0.486 e. The van der Waals surface area contributed by atoms with E-state index in [0.29, 0.717) is 40.9 Å². The Hall–Kier alpha value is -3.51. The lowest BCUT2D eigenvalue weighted by Crippen LogP contribution is -2.33. The number of carbonyl (C=O) groups excluding carboxylic acids is 1. The van der Waals surface area contributed by atoms with Crippen molar-refractivity contribution >= 4 is 23.5 Å². The van der Waals surface area contributed by atoms with E-state index < -0.39 is 5.97 Å². The van der Waals surface area contributed by atoms with E-state index in [-0.39, 0.29) is 24.1 Å². The van der Waals surface area contributed by atoms with Gasteiger partial charge in [0.25, 0.3) is 5.91 Å². The lowest BCUT2D eigenvalue weighted by molar-refractivity contribution is 0.0672. The van der Waals surface area contributed by atoms with Crippen molar-refractivity contribution in [1.82, 2.24) is 4.90 Å². The molecule has 1 aliphatic heterocycles. The van der Waals surface area contributed by atoms with Crippen LogP contribution in [-0.2, 0) is 6.54 Å². The van der Waals surface area contributed by atoms with E-state index in [2.05, 4.69) is 0 Å². The lowest BCUT2D eigenvalue weighted by Gasteiger charge is -2.30. The summed E-state index contributed by atoms with van der Waals surface area (Å²) in [7, 11) is 0. The second-order valence-electron chi connectivity index (χ2n) is 7.53. The first-order chi connectivity index (χ1) is 15.4. The molecule has 1 aliphatic rings. The molecule has 0 spiro atoms. The van der Waals surface area contributed by atoms with Crippen LogP contribution in [0.3, 0.4) is 0 Å². The minimum atomic E-state index is -1.01. The molecule has 1 amide bonds. The Morgan fingerprint density at radius 2 is 1.72 bits per heavy atom. The number of benzene rings is 3. The molecule has 32 heavy (non-hydrogen) atoms. The quantitative estimate of drug-likeness (QED) is 0.556. The Morgan fingerprint density at radius 1 is 0.969 bits per heavy atom. The van der Waals surface area contributed by atoms with Crippen molar-refractivity contribution in [2.75, 3.05) is 13.2 Å². The summed E-state index contributed by atoms with van der Waals surface area (Å²) in [5.41, 5.74) is 2.21. The summed E-state index contributed by atoms with van der Waals surface area (Å²) in [6.07, 6.45) is 0. The van der Waals surface area contributed by atoms with Crippen molar-refractivity contribution in [3.8, 4) is 11.5 Å². The van der Waals surface area contributed by atoms with Crippen molar-refractivity contribution < 1.29 is 24.2 Å². The summed E-state index contributed by atoms with van der Waals surface area (Å²) in [5, 5.41) is 9.92. The number of ether oxygens (including phenoxy) is 2. The molecule has 4 rings (SSSR count). The maximum Gasteiger partial charge on any atom is 0.335 e. The molecular formula is C25H22ClNO5. The molecule has 1 heterocycles. The Bertz CT molecular complexity index is 1160. The fourth-order valence-electron chi connectivity index (χ4n) is 3.67. The van der Waals surface area contributed by atoms with Crippen LogP contribution in [0.1, 0.15) is 44.8 Å². The van der Waals surface area contributed by atoms with Gasteiger partial charge in [-0.2, -0.15) is 0 Å². The van der Waals surface area contributed by atoms with Crippen LogP contribution < -0.4 is 9.47 Å². The highest BCUT2D eigenvalue weighted by atomic mass is 35.5. The van der Waals surface area contributed by atoms with Gasteiger partial charge in [-0.3, -0.25) is 4.79 Å². The first kappa shape index (κ1) is 21.7. The van der Waals surface area contributed by atoms with Crippen molar-refractivity contribution in [2.24, 2.45) is 0 Å². The van der Waals surface area contributed by atoms with Crippen LogP contribution >= 0.6 is 11.6 Å². The molecule has 0 aliphatic carbocycles. The van der Waals surface area contributed by atoms with Crippen molar-refractivity contribution in [3.63, 3.8) is 0 Å². The number of fused-ring (bicyclic) bond motifs is 1. The van der Waals surface area contributed by atoms with Gasteiger partial charge >= 0.3 is 5.97 Å². The zero-order valence-corrected chi connectivity index (χ0v) is 18.2. The number of carboxylic acid groups (broad SMARTS) is 1. The average Bonchev–Trinajstić information content (AvgIpc) is 2.81. The first-order valence-electron chi connectivity index (χ1n) is 10.2. The predicted molar refractivity (Wildman–Crippen MR) is 121 cm³/mol. The summed E-state index contributed by atoms with van der Waals surface area (Å²) < 4.78 is 11.2. The van der Waals surface area contributed by atoms with Gasteiger partial charge in [0.15, 0.2) is 11.5 Å². The van der Waals surface area contributed by atoms with Crippen LogP contribution in [0.4, 0.5) is 0 Å². The maximum absolute atomic E-state index is 13.6. The number of amides is 1. The fraction of sp³-hybridized carbons (Fsp3) is 0.200. The molecular weight excluding hydrogens is 430 g/mol. The predicted octanol–water partition coefficient (Wildman–Crippen LogP) is 5.21. The second-order valence-corrected chi connectivity index (χ2v) is 7.96. The van der Waals surface area contributed by atoms with Gasteiger partial charge in [-0.15, -0.1) is 0 Å². The minimum Gasteiger partial charge on any atom is -0.486 e. The summed E-state index contributed by atoms with van der Waals surface area (Å²) in [6.45, 7) is 3.04. The molecule has 7 heteroatoms. The SMILES string of the molecule is C[C@@H](c1cccc(Cl)c1)N(Cc1cccc(C(=O)O)c1)C(=O)c1ccc2c(c1)OCCO2. The van der Waals surface area contributed by atoms with E-state index >= 15 is 0 Å². The summed E-state index contributed by atoms with van der Waals surface area (Å²) in [4.78, 5) is 26.7. The molecule has 0 radical (unpaired) electrons. The normalized spacial score (nSPS) is 13.3. The van der Waals surface area contributed by atoms with E-state index in [1.165, 1.54) is 6.07 Å². The van der Waals surface area contributed by atoms with Crippen LogP contribution in [0.2, 0.25) is 5.02 Å². The van der Waals surface area contributed by atoms with E-state index in [4.69, 9.17) is 21.1 Å². The lowest BCUT2D eigenvalue weighted by atomic mass is 10.0. The highest BCUT2D eigenvalue weighted by Crippen LogP contribution is 2.33. The fourth-order valence-corrected chi connectivity index (χ4v) is 3.87. The van der Waals surface area contributed by atoms with Crippen LogP contribution in [0.5, 0.6) is 11.5 Å². The van der Waals surface area contributed by atoms with Gasteiger partial charge in [-0.25, -0.2) is 4.79 Å². The molecule has 3 aromatic rings. The molecule has 0 bridgehead atoms. The molecule has 1 N–H and O–H groups in total. The van der Waals surface area contributed by atoms with E-state index in [9.17, 15) is 14.7 Å². The van der Waals surface area contributed by atoms with Gasteiger partial charge in [0.2, 0.25) is 0 Å². The number of carbonyl (C=O) groups is 2. The Morgan fingerprint density at radius 3 is 2.47 bits per heavy atom. The molecule has 0 saturated heterocycles. The van der Waals surface area contributed by atoms with Gasteiger partial charge in [0, 0.05) is 17.1 Å². The number of nitrogens with zero attached hydrogens (tertiary/aromatic N) is 1. The summed E-state index contributed by atoms with van der Waals surface area (Å²) in [6, 6.07) is 18.7. The summed E-state index contributed by atoms with van der Waals surface area (Å²) >= 11 is 6.19. The average molecular weight is 452 g/mol. The third-order valence-corrected chi connectivity index (χ3v) is 5.61. The first-order valence-corrected chi connectivity index (χ1v) is 10.6. The van der Waals surface area contributed by atoms with E-state index in [1.54, 1.807) is 47.4 Å². The highest BCUT2D eigenvalue weighted by Gasteiger charge is 2.25. The minimum absolute atomic E-state index is 0.171. The monoisotopic (exact) mass is 451 g/mol. The number of rotatable bonds is 6. The second kappa shape index (κ2) is 9.32. The molecule has 6 nitrogen and oxygen atoms in total. The molecule has 1 atom stereocenters. The Balaban J connectivity index is 1.70. The van der Waals surface area contributed by atoms with Gasteiger partial charge in [-0.1, -0.05) is 35.9 Å². The van der Waals surface area contributed by atoms with Crippen molar-refractivity contribution in [1.29, 1.82) is 0 Å². The van der Waals surface area contributed by atoms with E-state index in [1.807, 2.05) is 25.1 Å². The van der Waals surface area contributed by atoms with Gasteiger partial charge < -0.3 is 19.5 Å². The molecule has 164 valence electrons. The van der Waals surface area contributed by atoms with Crippen molar-refractivity contribution in [2.45, 2.75) is 19.5 Å². The standard InChI is InChI=1S/C25H22ClNO5/c1-16(18-5-3-7-21(26)13-18)27(15-17-4-2-6-20(12-17)25(29)30)24(28)19-8-9-22-23(14-19)32-11-10-31-22/h2-9,12-14,16H,10-11,15H2,1H3,(H,29,30)/t16-/m0/s1. The van der Waals surface area contributed by atoms with Crippen LogP contribution in [0.25, 0.3) is 0 Å². The molecule has 0 fully saturated rings. The molecule has 0 aromatic heterocycles. The maximum atomic E-state index is 13.6. The van der Waals surface area contributed by atoms with Gasteiger partial charge in [0.05, 0.1) is 11.6 Å². The molecule has 0 unspecified atom stereocenters. The number of aromatic carboxylic acids is 1. The number of hydrogen-bond acceptors (Lipinski definition) is 4. The zero-order valence-electron chi connectivity index (χ0n) is 17.5. The van der Waals surface area contributed by atoms with E-state index in [0.717, 1.165) is 5.56 Å². The van der Waals surface area contributed by atoms with Crippen LogP contribution in [0, 0.1) is 0 Å². The molecule has 0 saturated carbocycles. The smallest absolute Gasteiger partial charge is 0.335 e. The van der Waals surface area contributed by atoms with Gasteiger partial charge in [-0.05, 0) is 60.5 Å². The van der Waals surface area contributed by atoms with Crippen LogP contribution in [-0.4, -0.2) is 35.1 Å². The third-order valence-electron chi connectivity index (χ3n) is 5.38. The summed E-state index contributed by atoms with van der Waals surface area (Å²) in [5.74, 6) is -0.0867. The Kier molecular flexibility index (Phi) is 6.32. The zero-order chi connectivity index (χ0) is 22.7. The number of halogens is 1. The Labute approximate surface area is 191 Å². The van der Waals surface area contributed by atoms with Crippen LogP contribution in [0.15, 0.2) is 66.7 Å². The van der Waals surface area contributed by atoms with Gasteiger partial charge in [0.1, 0.15) is 13.2 Å². The topological polar surface area (TPSA) is 76.1 Å². The molecule has 3 aromatic carbocycles. The highest BCUT2D eigenvalue weighted by molar-refractivity contribution is 6.30. The number of carboxylic acids is 1. The third kappa shape index (κ3) is 4.70. The van der Waals surface area contributed by atoms with Crippen molar-refractivity contribution in [3.05, 3.63) is 94.0 Å².